The number of aromatic nitrogens is 2. The Morgan fingerprint density at radius 2 is 2.05 bits per heavy atom. The van der Waals surface area contributed by atoms with Crippen molar-refractivity contribution in [3.8, 4) is 11.6 Å². The van der Waals surface area contributed by atoms with Crippen molar-refractivity contribution in [3.05, 3.63) is 42.5 Å². The molecule has 2 rings (SSSR count). The molecule has 0 radical (unpaired) electrons. The lowest BCUT2D eigenvalue weighted by molar-refractivity contribution is -0.121. The first kappa shape index (κ1) is 15.7. The molecule has 1 aromatic heterocycles. The summed E-state index contributed by atoms with van der Waals surface area (Å²) < 4.78 is 18.4. The minimum atomic E-state index is -0.376. The number of benzene rings is 1. The van der Waals surface area contributed by atoms with E-state index in [9.17, 15) is 9.18 Å². The lowest BCUT2D eigenvalue weighted by atomic mass is 10.1. The molecule has 0 aliphatic rings. The van der Waals surface area contributed by atoms with Gasteiger partial charge in [0.2, 0.25) is 11.8 Å². The van der Waals surface area contributed by atoms with E-state index in [1.165, 1.54) is 30.5 Å². The van der Waals surface area contributed by atoms with Gasteiger partial charge in [-0.25, -0.2) is 4.39 Å². The van der Waals surface area contributed by atoms with Gasteiger partial charge in [-0.3, -0.25) is 9.78 Å². The summed E-state index contributed by atoms with van der Waals surface area (Å²) in [7, 11) is 1.78. The minimum Gasteiger partial charge on any atom is -0.437 e. The maximum atomic E-state index is 12.9. The summed E-state index contributed by atoms with van der Waals surface area (Å²) in [6, 6.07) is 5.60. The smallest absolute Gasteiger partial charge is 0.239 e. The van der Waals surface area contributed by atoms with Crippen LogP contribution in [0.15, 0.2) is 36.7 Å². The van der Waals surface area contributed by atoms with E-state index >= 15 is 0 Å². The molecule has 1 atom stereocenters. The highest BCUT2D eigenvalue weighted by molar-refractivity contribution is 5.76. The van der Waals surface area contributed by atoms with E-state index in [1.807, 2.05) is 0 Å². The summed E-state index contributed by atoms with van der Waals surface area (Å²) in [4.78, 5) is 21.2. The summed E-state index contributed by atoms with van der Waals surface area (Å²) in [5, 5.41) is 0. The van der Waals surface area contributed by atoms with E-state index in [0.29, 0.717) is 18.1 Å². The molecule has 0 saturated carbocycles. The molecule has 0 saturated heterocycles. The number of primary amides is 1. The number of halogens is 1. The Hall–Kier alpha value is -2.70. The molecule has 1 unspecified atom stereocenters. The molecule has 1 aromatic carbocycles. The highest BCUT2D eigenvalue weighted by Gasteiger charge is 2.14. The number of anilines is 1. The topological polar surface area (TPSA) is 81.3 Å². The van der Waals surface area contributed by atoms with Crippen LogP contribution in [0.2, 0.25) is 0 Å². The van der Waals surface area contributed by atoms with Crippen LogP contribution in [0.25, 0.3) is 0 Å². The van der Waals surface area contributed by atoms with Crippen LogP contribution in [-0.4, -0.2) is 29.5 Å². The van der Waals surface area contributed by atoms with Gasteiger partial charge < -0.3 is 15.4 Å². The van der Waals surface area contributed by atoms with E-state index in [-0.39, 0.29) is 23.5 Å². The third-order valence-corrected chi connectivity index (χ3v) is 3.06. The maximum Gasteiger partial charge on any atom is 0.239 e. The molecule has 1 heterocycles. The number of carbonyl (C=O) groups excluding carboxylic acids is 1. The van der Waals surface area contributed by atoms with Crippen molar-refractivity contribution in [1.29, 1.82) is 0 Å². The molecule has 116 valence electrons. The van der Waals surface area contributed by atoms with Crippen LogP contribution in [0.3, 0.4) is 0 Å². The van der Waals surface area contributed by atoms with Crippen LogP contribution in [0.4, 0.5) is 10.2 Å². The number of nitrogens with two attached hydrogens (primary N) is 1. The predicted octanol–water partition coefficient (Wildman–Crippen LogP) is 1.97. The largest absolute Gasteiger partial charge is 0.437 e. The highest BCUT2D eigenvalue weighted by atomic mass is 19.1. The summed E-state index contributed by atoms with van der Waals surface area (Å²) >= 11 is 0. The fraction of sp³-hybridized carbons (Fsp3) is 0.267. The summed E-state index contributed by atoms with van der Waals surface area (Å²) in [6.45, 7) is 2.16. The maximum absolute atomic E-state index is 12.9. The molecule has 1 amide bonds. The third-order valence-electron chi connectivity index (χ3n) is 3.06. The number of nitrogens with zero attached hydrogens (tertiary/aromatic N) is 3. The lowest BCUT2D eigenvalue weighted by Gasteiger charge is -2.20. The zero-order valence-corrected chi connectivity index (χ0v) is 12.4. The Labute approximate surface area is 127 Å². The average molecular weight is 304 g/mol. The van der Waals surface area contributed by atoms with Crippen molar-refractivity contribution in [2.45, 2.75) is 6.92 Å². The van der Waals surface area contributed by atoms with Gasteiger partial charge in [0, 0.05) is 13.6 Å². The van der Waals surface area contributed by atoms with E-state index in [0.717, 1.165) is 0 Å². The van der Waals surface area contributed by atoms with Crippen molar-refractivity contribution in [1.82, 2.24) is 9.97 Å². The Balaban J connectivity index is 2.09. The molecule has 0 aliphatic carbocycles. The Bertz CT molecular complexity index is 648. The first-order valence-corrected chi connectivity index (χ1v) is 6.71. The number of amides is 1. The van der Waals surface area contributed by atoms with Gasteiger partial charge in [0.05, 0.1) is 18.3 Å². The third kappa shape index (κ3) is 4.15. The first-order chi connectivity index (χ1) is 10.5. The van der Waals surface area contributed by atoms with Crippen molar-refractivity contribution in [2.75, 3.05) is 18.5 Å². The molecule has 7 heteroatoms. The molecule has 0 bridgehead atoms. The second-order valence-electron chi connectivity index (χ2n) is 4.96. The zero-order valence-electron chi connectivity index (χ0n) is 12.4. The van der Waals surface area contributed by atoms with Gasteiger partial charge in [0.15, 0.2) is 5.82 Å². The van der Waals surface area contributed by atoms with E-state index in [2.05, 4.69) is 9.97 Å². The van der Waals surface area contributed by atoms with Crippen LogP contribution in [0, 0.1) is 11.7 Å². The summed E-state index contributed by atoms with van der Waals surface area (Å²) in [5.74, 6) is 0.260. The summed E-state index contributed by atoms with van der Waals surface area (Å²) in [6.07, 6.45) is 3.02. The highest BCUT2D eigenvalue weighted by Crippen LogP contribution is 2.21. The Kier molecular flexibility index (Phi) is 4.88. The summed E-state index contributed by atoms with van der Waals surface area (Å²) in [5.41, 5.74) is 5.25. The second-order valence-corrected chi connectivity index (χ2v) is 4.96. The monoisotopic (exact) mass is 304 g/mol. The molecule has 0 spiro atoms. The molecule has 22 heavy (non-hydrogen) atoms. The molecule has 2 N–H and O–H groups in total. The fourth-order valence-electron chi connectivity index (χ4n) is 1.79. The van der Waals surface area contributed by atoms with Crippen LogP contribution >= 0.6 is 0 Å². The van der Waals surface area contributed by atoms with Gasteiger partial charge in [0.1, 0.15) is 11.6 Å². The normalized spacial score (nSPS) is 11.8. The van der Waals surface area contributed by atoms with Crippen LogP contribution in [0.1, 0.15) is 6.92 Å². The molecule has 6 nitrogen and oxygen atoms in total. The standard InChI is InChI=1S/C15H17FN4O2/c1-10(15(17)21)9-20(2)13-7-18-8-14(19-13)22-12-5-3-11(16)4-6-12/h3-8,10H,9H2,1-2H3,(H2,17,21). The van der Waals surface area contributed by atoms with Gasteiger partial charge in [0.25, 0.3) is 0 Å². The van der Waals surface area contributed by atoms with Crippen molar-refractivity contribution >= 4 is 11.7 Å². The van der Waals surface area contributed by atoms with Gasteiger partial charge in [-0.2, -0.15) is 4.98 Å². The van der Waals surface area contributed by atoms with E-state index < -0.39 is 0 Å². The number of hydrogen-bond acceptors (Lipinski definition) is 5. The molecular weight excluding hydrogens is 287 g/mol. The minimum absolute atomic E-state index is 0.280. The van der Waals surface area contributed by atoms with Gasteiger partial charge in [-0.15, -0.1) is 0 Å². The SMILES string of the molecule is CC(CN(C)c1cncc(Oc2ccc(F)cc2)n1)C(N)=O. The van der Waals surface area contributed by atoms with Gasteiger partial charge in [-0.1, -0.05) is 6.92 Å². The number of ether oxygens (including phenoxy) is 1. The van der Waals surface area contributed by atoms with Crippen molar-refractivity contribution < 1.29 is 13.9 Å². The first-order valence-electron chi connectivity index (χ1n) is 6.71. The number of rotatable bonds is 6. The molecule has 2 aromatic rings. The molecular formula is C15H17FN4O2. The Morgan fingerprint density at radius 1 is 1.36 bits per heavy atom. The van der Waals surface area contributed by atoms with Crippen LogP contribution in [-0.2, 0) is 4.79 Å². The Morgan fingerprint density at radius 3 is 2.68 bits per heavy atom. The van der Waals surface area contributed by atoms with Crippen LogP contribution in [0.5, 0.6) is 11.6 Å². The second kappa shape index (κ2) is 6.84. The van der Waals surface area contributed by atoms with Gasteiger partial charge >= 0.3 is 0 Å². The van der Waals surface area contributed by atoms with E-state index in [1.54, 1.807) is 25.1 Å². The zero-order chi connectivity index (χ0) is 16.1. The van der Waals surface area contributed by atoms with E-state index in [4.69, 9.17) is 10.5 Å². The number of hydrogen-bond donors (Lipinski definition) is 1. The number of carbonyl (C=O) groups is 1. The molecule has 0 aliphatic heterocycles. The van der Waals surface area contributed by atoms with Gasteiger partial charge in [-0.05, 0) is 24.3 Å². The fourth-order valence-corrected chi connectivity index (χ4v) is 1.79. The molecule has 0 fully saturated rings. The van der Waals surface area contributed by atoms with Crippen LogP contribution < -0.4 is 15.4 Å². The lowest BCUT2D eigenvalue weighted by Crippen LogP contribution is -2.32. The predicted molar refractivity (Wildman–Crippen MR) is 80.1 cm³/mol. The average Bonchev–Trinajstić information content (AvgIpc) is 2.49. The van der Waals surface area contributed by atoms with Crippen molar-refractivity contribution in [3.63, 3.8) is 0 Å². The quantitative estimate of drug-likeness (QED) is 0.882. The van der Waals surface area contributed by atoms with Crippen molar-refractivity contribution in [2.24, 2.45) is 11.7 Å².